The maximum absolute atomic E-state index is 12.2. The van der Waals surface area contributed by atoms with Gasteiger partial charge in [0.25, 0.3) is 5.91 Å². The van der Waals surface area contributed by atoms with E-state index < -0.39 is 18.4 Å². The summed E-state index contributed by atoms with van der Waals surface area (Å²) in [5.74, 6) is -1.13. The van der Waals surface area contributed by atoms with E-state index in [2.05, 4.69) is 0 Å². The summed E-state index contributed by atoms with van der Waals surface area (Å²) in [4.78, 5) is 24.3. The first-order valence-electron chi connectivity index (χ1n) is 7.85. The summed E-state index contributed by atoms with van der Waals surface area (Å²) in [6.45, 7) is -0.197. The predicted molar refractivity (Wildman–Crippen MR) is 107 cm³/mol. The van der Waals surface area contributed by atoms with E-state index in [0.717, 1.165) is 27.8 Å². The number of carboxylic acids is 1. The number of nitrogens with zero attached hydrogens (tertiary/aromatic N) is 1. The van der Waals surface area contributed by atoms with Crippen LogP contribution in [0.1, 0.15) is 11.1 Å². The number of hydrogen-bond acceptors (Lipinski definition) is 6. The molecule has 8 heteroatoms. The number of amides is 1. The van der Waals surface area contributed by atoms with Crippen LogP contribution in [-0.4, -0.2) is 27.6 Å². The minimum absolute atomic E-state index is 0.204. The molecule has 0 radical (unpaired) electrons. The van der Waals surface area contributed by atoms with Crippen molar-refractivity contribution in [1.29, 1.82) is 0 Å². The zero-order valence-electron chi connectivity index (χ0n) is 13.9. The Hall–Kier alpha value is -2.35. The molecule has 1 saturated heterocycles. The highest BCUT2D eigenvalue weighted by atomic mass is 35.5. The number of rotatable bonds is 6. The van der Waals surface area contributed by atoms with Gasteiger partial charge >= 0.3 is 0 Å². The van der Waals surface area contributed by atoms with E-state index in [1.165, 1.54) is 0 Å². The van der Waals surface area contributed by atoms with Crippen LogP contribution in [0.5, 0.6) is 5.75 Å². The van der Waals surface area contributed by atoms with Crippen LogP contribution < -0.4 is 9.84 Å². The maximum atomic E-state index is 12.2. The van der Waals surface area contributed by atoms with Gasteiger partial charge in [0.2, 0.25) is 0 Å². The zero-order chi connectivity index (χ0) is 19.4. The van der Waals surface area contributed by atoms with Gasteiger partial charge in [-0.2, -0.15) is 0 Å². The molecule has 27 heavy (non-hydrogen) atoms. The van der Waals surface area contributed by atoms with Crippen LogP contribution in [0.3, 0.4) is 0 Å². The van der Waals surface area contributed by atoms with Crippen molar-refractivity contribution in [2.75, 3.05) is 6.54 Å². The van der Waals surface area contributed by atoms with Gasteiger partial charge in [-0.3, -0.25) is 9.69 Å². The molecule has 2 aromatic rings. The highest BCUT2D eigenvalue weighted by Crippen LogP contribution is 2.32. The third kappa shape index (κ3) is 4.88. The van der Waals surface area contributed by atoms with Crippen LogP contribution >= 0.6 is 35.6 Å². The summed E-state index contributed by atoms with van der Waals surface area (Å²) in [6.07, 6.45) is 1.66. The van der Waals surface area contributed by atoms with Crippen LogP contribution in [0.15, 0.2) is 53.4 Å². The Morgan fingerprint density at radius 3 is 2.59 bits per heavy atom. The molecule has 5 nitrogen and oxygen atoms in total. The molecule has 0 spiro atoms. The lowest BCUT2D eigenvalue weighted by atomic mass is 10.2. The molecule has 1 aliphatic heterocycles. The molecule has 0 saturated carbocycles. The standard InChI is InChI=1S/C19H14ClNO4S2/c20-15-4-2-1-3-13(15)11-25-14-7-5-12(6-8-14)9-16-18(24)21(10-17(22)23)19(26)27-16/h1-9H,10-11H2,(H,22,23)/p-1/b16-9-. The van der Waals surface area contributed by atoms with Crippen LogP contribution in [0.2, 0.25) is 5.02 Å². The van der Waals surface area contributed by atoms with Gasteiger partial charge in [-0.1, -0.05) is 65.9 Å². The van der Waals surface area contributed by atoms with Crippen molar-refractivity contribution < 1.29 is 19.4 Å². The van der Waals surface area contributed by atoms with Crippen molar-refractivity contribution in [3.63, 3.8) is 0 Å². The first kappa shape index (κ1) is 19.4. The normalized spacial score (nSPS) is 15.4. The number of thiocarbonyl (C=S) groups is 1. The number of thioether (sulfide) groups is 1. The third-order valence-corrected chi connectivity index (χ3v) is 5.44. The van der Waals surface area contributed by atoms with Gasteiger partial charge in [-0.05, 0) is 29.8 Å². The van der Waals surface area contributed by atoms with Crippen molar-refractivity contribution in [3.05, 3.63) is 69.6 Å². The molecule has 3 rings (SSSR count). The van der Waals surface area contributed by atoms with Gasteiger partial charge in [0.1, 0.15) is 16.7 Å². The summed E-state index contributed by atoms with van der Waals surface area (Å²) in [5, 5.41) is 11.4. The molecule has 0 unspecified atom stereocenters. The molecule has 0 aliphatic carbocycles. The molecule has 2 aromatic carbocycles. The van der Waals surface area contributed by atoms with Crippen molar-refractivity contribution in [2.24, 2.45) is 0 Å². The largest absolute Gasteiger partial charge is 0.548 e. The fraction of sp³-hybridized carbons (Fsp3) is 0.105. The average molecular weight is 419 g/mol. The lowest BCUT2D eigenvalue weighted by Gasteiger charge is -2.14. The first-order valence-corrected chi connectivity index (χ1v) is 9.46. The molecule has 1 amide bonds. The van der Waals surface area contributed by atoms with E-state index in [0.29, 0.717) is 22.3 Å². The topological polar surface area (TPSA) is 69.7 Å². The maximum Gasteiger partial charge on any atom is 0.266 e. The molecule has 138 valence electrons. The fourth-order valence-corrected chi connectivity index (χ4v) is 3.80. The van der Waals surface area contributed by atoms with Gasteiger partial charge < -0.3 is 14.6 Å². The fourth-order valence-electron chi connectivity index (χ4n) is 2.35. The van der Waals surface area contributed by atoms with Crippen molar-refractivity contribution >= 4 is 57.9 Å². The van der Waals surface area contributed by atoms with Gasteiger partial charge in [0, 0.05) is 10.6 Å². The highest BCUT2D eigenvalue weighted by molar-refractivity contribution is 8.26. The van der Waals surface area contributed by atoms with Crippen molar-refractivity contribution in [3.8, 4) is 5.75 Å². The number of hydrogen-bond donors (Lipinski definition) is 0. The Kier molecular flexibility index (Phi) is 6.15. The average Bonchev–Trinajstić information content (AvgIpc) is 2.89. The number of benzene rings is 2. The molecule has 0 N–H and O–H groups in total. The Morgan fingerprint density at radius 2 is 1.93 bits per heavy atom. The number of halogens is 1. The van der Waals surface area contributed by atoms with Crippen molar-refractivity contribution in [2.45, 2.75) is 6.61 Å². The van der Waals surface area contributed by atoms with E-state index in [-0.39, 0.29) is 4.32 Å². The van der Waals surface area contributed by atoms with Gasteiger partial charge in [0.15, 0.2) is 0 Å². The Labute approximate surface area is 170 Å². The van der Waals surface area contributed by atoms with Crippen LogP contribution in [0.25, 0.3) is 6.08 Å². The number of ether oxygens (including phenoxy) is 1. The summed E-state index contributed by atoms with van der Waals surface area (Å²) in [6, 6.07) is 14.6. The zero-order valence-corrected chi connectivity index (χ0v) is 16.3. The smallest absolute Gasteiger partial charge is 0.266 e. The van der Waals surface area contributed by atoms with Crippen LogP contribution in [0.4, 0.5) is 0 Å². The first-order chi connectivity index (χ1) is 12.9. The Morgan fingerprint density at radius 1 is 1.22 bits per heavy atom. The molecule has 1 aliphatic rings. The lowest BCUT2D eigenvalue weighted by molar-refractivity contribution is -0.305. The SMILES string of the molecule is O=C([O-])CN1C(=O)/C(=C/c2ccc(OCc3ccccc3Cl)cc2)SC1=S. The molecule has 1 heterocycles. The second-order valence-corrected chi connectivity index (χ2v) is 7.67. The van der Waals surface area contributed by atoms with Gasteiger partial charge in [-0.25, -0.2) is 0 Å². The summed E-state index contributed by atoms with van der Waals surface area (Å²) in [7, 11) is 0. The highest BCUT2D eigenvalue weighted by Gasteiger charge is 2.31. The second kappa shape index (κ2) is 8.56. The van der Waals surface area contributed by atoms with Crippen LogP contribution in [-0.2, 0) is 16.2 Å². The quantitative estimate of drug-likeness (QED) is 0.530. The number of aliphatic carboxylic acids is 1. The minimum Gasteiger partial charge on any atom is -0.548 e. The molecule has 0 aromatic heterocycles. The monoisotopic (exact) mass is 418 g/mol. The van der Waals surface area contributed by atoms with E-state index >= 15 is 0 Å². The number of carbonyl (C=O) groups is 2. The Bertz CT molecular complexity index is 928. The Balaban J connectivity index is 1.66. The molecule has 1 fully saturated rings. The molecule has 0 atom stereocenters. The second-order valence-electron chi connectivity index (χ2n) is 5.59. The predicted octanol–water partition coefficient (Wildman–Crippen LogP) is 2.87. The van der Waals surface area contributed by atoms with Gasteiger partial charge in [0.05, 0.1) is 17.4 Å². The van der Waals surface area contributed by atoms with Gasteiger partial charge in [-0.15, -0.1) is 0 Å². The van der Waals surface area contributed by atoms with E-state index in [1.807, 2.05) is 18.2 Å². The third-order valence-electron chi connectivity index (χ3n) is 3.69. The van der Waals surface area contributed by atoms with Crippen LogP contribution in [0, 0.1) is 0 Å². The van der Waals surface area contributed by atoms with E-state index in [4.69, 9.17) is 28.6 Å². The minimum atomic E-state index is -1.35. The lowest BCUT2D eigenvalue weighted by Crippen LogP contribution is -2.40. The number of carboxylic acid groups (broad SMARTS) is 1. The summed E-state index contributed by atoms with van der Waals surface area (Å²) >= 11 is 12.2. The van der Waals surface area contributed by atoms with Crippen molar-refractivity contribution in [1.82, 2.24) is 4.90 Å². The summed E-state index contributed by atoms with van der Waals surface area (Å²) in [5.41, 5.74) is 1.66. The van der Waals surface area contributed by atoms with E-state index in [1.54, 1.807) is 36.4 Å². The molecule has 0 bridgehead atoms. The molecular weight excluding hydrogens is 406 g/mol. The molecular formula is C19H13ClNO4S2-. The summed E-state index contributed by atoms with van der Waals surface area (Å²) < 4.78 is 5.92. The number of carbonyl (C=O) groups excluding carboxylic acids is 2. The van der Waals surface area contributed by atoms with E-state index in [9.17, 15) is 14.7 Å².